The van der Waals surface area contributed by atoms with E-state index in [4.69, 9.17) is 4.74 Å². The van der Waals surface area contributed by atoms with Gasteiger partial charge in [-0.15, -0.1) is 22.7 Å². The summed E-state index contributed by atoms with van der Waals surface area (Å²) in [5, 5.41) is 5.59. The van der Waals surface area contributed by atoms with E-state index in [2.05, 4.69) is 10.3 Å². The van der Waals surface area contributed by atoms with Gasteiger partial charge in [0.05, 0.1) is 29.7 Å². The average molecular weight is 558 g/mol. The molecule has 5 rings (SSSR count). The number of amides is 1. The number of hydrogen-bond acceptors (Lipinski definition) is 7. The van der Waals surface area contributed by atoms with Crippen LogP contribution in [0.1, 0.15) is 49.2 Å². The Bertz CT molecular complexity index is 1770. The molecule has 5 aromatic rings. The highest BCUT2D eigenvalue weighted by Gasteiger charge is 2.25. The van der Waals surface area contributed by atoms with Gasteiger partial charge < -0.3 is 10.1 Å². The minimum absolute atomic E-state index is 0.197. The van der Waals surface area contributed by atoms with Crippen molar-refractivity contribution in [3.8, 4) is 11.1 Å². The van der Waals surface area contributed by atoms with Gasteiger partial charge in [0, 0.05) is 10.9 Å². The molecular formula is C30H27N3O4S2. The van der Waals surface area contributed by atoms with E-state index in [1.165, 1.54) is 17.7 Å². The molecule has 0 aliphatic carbocycles. The van der Waals surface area contributed by atoms with Crippen LogP contribution in [0.15, 0.2) is 65.0 Å². The van der Waals surface area contributed by atoms with Gasteiger partial charge in [-0.2, -0.15) is 0 Å². The van der Waals surface area contributed by atoms with Crippen molar-refractivity contribution in [2.45, 2.75) is 34.2 Å². The smallest absolute Gasteiger partial charge is 0.341 e. The van der Waals surface area contributed by atoms with Crippen LogP contribution >= 0.6 is 22.7 Å². The zero-order valence-electron chi connectivity index (χ0n) is 22.0. The molecule has 3 heterocycles. The molecule has 7 nitrogen and oxygen atoms in total. The van der Waals surface area contributed by atoms with Gasteiger partial charge in [-0.25, -0.2) is 9.78 Å². The highest BCUT2D eigenvalue weighted by Crippen LogP contribution is 2.38. The molecule has 1 amide bonds. The lowest BCUT2D eigenvalue weighted by atomic mass is 9.99. The van der Waals surface area contributed by atoms with Crippen LogP contribution in [0.2, 0.25) is 0 Å². The lowest BCUT2D eigenvalue weighted by Crippen LogP contribution is -2.21. The highest BCUT2D eigenvalue weighted by atomic mass is 32.1. The molecule has 0 saturated heterocycles. The fraction of sp³-hybridized carbons (Fsp3) is 0.200. The van der Waals surface area contributed by atoms with E-state index < -0.39 is 11.9 Å². The van der Waals surface area contributed by atoms with Gasteiger partial charge in [0.15, 0.2) is 0 Å². The van der Waals surface area contributed by atoms with E-state index >= 15 is 0 Å². The first-order chi connectivity index (χ1) is 18.8. The third-order valence-electron chi connectivity index (χ3n) is 6.63. The molecule has 2 aromatic carbocycles. The fourth-order valence-electron chi connectivity index (χ4n) is 4.41. The van der Waals surface area contributed by atoms with Crippen molar-refractivity contribution in [3.05, 3.63) is 103 Å². The van der Waals surface area contributed by atoms with Crippen molar-refractivity contribution in [1.82, 2.24) is 9.55 Å². The Balaban J connectivity index is 1.50. The second-order valence-electron chi connectivity index (χ2n) is 9.23. The average Bonchev–Trinajstić information content (AvgIpc) is 3.49. The van der Waals surface area contributed by atoms with Crippen molar-refractivity contribution in [2.24, 2.45) is 0 Å². The molecule has 39 heavy (non-hydrogen) atoms. The molecule has 0 saturated carbocycles. The first-order valence-electron chi connectivity index (χ1n) is 12.5. The summed E-state index contributed by atoms with van der Waals surface area (Å²) in [4.78, 5) is 45.2. The second-order valence-corrected chi connectivity index (χ2v) is 11.1. The Labute approximate surface area is 233 Å². The number of carbonyl (C=O) groups excluding carboxylic acids is 2. The van der Waals surface area contributed by atoms with Gasteiger partial charge in [0.25, 0.3) is 11.5 Å². The third kappa shape index (κ3) is 5.15. The first-order valence-corrected chi connectivity index (χ1v) is 14.2. The maximum absolute atomic E-state index is 13.5. The Hall–Kier alpha value is -4.08. The van der Waals surface area contributed by atoms with Gasteiger partial charge in [0.1, 0.15) is 15.4 Å². The van der Waals surface area contributed by atoms with Crippen LogP contribution in [0.4, 0.5) is 5.00 Å². The molecule has 0 fully saturated rings. The van der Waals surface area contributed by atoms with E-state index in [-0.39, 0.29) is 12.2 Å². The number of fused-ring (bicyclic) bond motifs is 1. The van der Waals surface area contributed by atoms with Crippen molar-refractivity contribution >= 4 is 49.8 Å². The maximum atomic E-state index is 13.5. The first kappa shape index (κ1) is 26.5. The quantitative estimate of drug-likeness (QED) is 0.228. The number of carbonyl (C=O) groups is 2. The number of aryl methyl sites for hydroxylation is 3. The van der Waals surface area contributed by atoms with Gasteiger partial charge in [-0.05, 0) is 55.5 Å². The van der Waals surface area contributed by atoms with Crippen molar-refractivity contribution in [3.63, 3.8) is 0 Å². The molecule has 3 aromatic heterocycles. The molecule has 0 spiro atoms. The molecule has 0 aliphatic rings. The summed E-state index contributed by atoms with van der Waals surface area (Å²) in [6, 6.07) is 15.7. The molecule has 0 atom stereocenters. The predicted octanol–water partition coefficient (Wildman–Crippen LogP) is 6.59. The van der Waals surface area contributed by atoms with E-state index in [1.807, 2.05) is 67.8 Å². The molecule has 0 bridgehead atoms. The number of rotatable bonds is 7. The van der Waals surface area contributed by atoms with Crippen LogP contribution in [-0.2, 0) is 11.3 Å². The zero-order chi connectivity index (χ0) is 27.7. The van der Waals surface area contributed by atoms with E-state index in [9.17, 15) is 14.4 Å². The molecule has 0 aliphatic heterocycles. The normalized spacial score (nSPS) is 11.1. The number of esters is 1. The zero-order valence-corrected chi connectivity index (χ0v) is 23.7. The van der Waals surface area contributed by atoms with Crippen LogP contribution in [0.3, 0.4) is 0 Å². The number of nitrogens with zero attached hydrogens (tertiary/aromatic N) is 2. The number of hydrogen-bond donors (Lipinski definition) is 1. The second kappa shape index (κ2) is 11.0. The van der Waals surface area contributed by atoms with Gasteiger partial charge in [-0.3, -0.25) is 14.2 Å². The van der Waals surface area contributed by atoms with Crippen molar-refractivity contribution in [1.29, 1.82) is 0 Å². The molecule has 9 heteroatoms. The monoisotopic (exact) mass is 557 g/mol. The third-order valence-corrected chi connectivity index (χ3v) is 8.73. The molecule has 0 unspecified atom stereocenters. The highest BCUT2D eigenvalue weighted by molar-refractivity contribution is 7.21. The maximum Gasteiger partial charge on any atom is 0.341 e. The van der Waals surface area contributed by atoms with Crippen LogP contribution in [0, 0.1) is 20.8 Å². The summed E-state index contributed by atoms with van der Waals surface area (Å²) in [6.45, 7) is 8.15. The number of aromatic nitrogens is 2. The Morgan fingerprint density at radius 3 is 2.54 bits per heavy atom. The number of anilines is 1. The molecule has 1 N–H and O–H groups in total. The van der Waals surface area contributed by atoms with E-state index in [0.29, 0.717) is 43.3 Å². The molecular weight excluding hydrogens is 530 g/mol. The fourth-order valence-corrected chi connectivity index (χ4v) is 6.39. The Kier molecular flexibility index (Phi) is 7.45. The van der Waals surface area contributed by atoms with Crippen LogP contribution in [0.25, 0.3) is 21.3 Å². The van der Waals surface area contributed by atoms with Crippen LogP contribution in [0.5, 0.6) is 0 Å². The Morgan fingerprint density at radius 1 is 1.05 bits per heavy atom. The summed E-state index contributed by atoms with van der Waals surface area (Å²) in [7, 11) is 0. The van der Waals surface area contributed by atoms with Gasteiger partial charge in [0.2, 0.25) is 0 Å². The summed E-state index contributed by atoms with van der Waals surface area (Å²) < 4.78 is 6.89. The number of thiophene rings is 2. The number of benzene rings is 2. The number of nitrogens with one attached hydrogen (secondary N) is 1. The largest absolute Gasteiger partial charge is 0.462 e. The van der Waals surface area contributed by atoms with E-state index in [0.717, 1.165) is 33.6 Å². The minimum Gasteiger partial charge on any atom is -0.462 e. The molecule has 0 radical (unpaired) electrons. The standard InChI is InChI=1S/C30H27N3O4S2/c1-5-37-30(36)24-22(21-12-11-17(2)18(3)13-21)15-38-28(24)32-26(34)25-19(4)23-27(39-25)31-16-33(29(23)35)14-20-9-7-6-8-10-20/h6-13,15-16H,5,14H2,1-4H3,(H,32,34). The lowest BCUT2D eigenvalue weighted by Gasteiger charge is -2.10. The topological polar surface area (TPSA) is 90.3 Å². The van der Waals surface area contributed by atoms with Crippen LogP contribution < -0.4 is 10.9 Å². The summed E-state index contributed by atoms with van der Waals surface area (Å²) >= 11 is 2.43. The lowest BCUT2D eigenvalue weighted by molar-refractivity contribution is 0.0529. The predicted molar refractivity (Wildman–Crippen MR) is 157 cm³/mol. The number of ether oxygens (including phenoxy) is 1. The Morgan fingerprint density at radius 2 is 1.82 bits per heavy atom. The van der Waals surface area contributed by atoms with E-state index in [1.54, 1.807) is 18.4 Å². The minimum atomic E-state index is -0.499. The summed E-state index contributed by atoms with van der Waals surface area (Å²) in [6.07, 6.45) is 1.52. The van der Waals surface area contributed by atoms with Crippen molar-refractivity contribution < 1.29 is 14.3 Å². The van der Waals surface area contributed by atoms with Crippen LogP contribution in [-0.4, -0.2) is 28.0 Å². The summed E-state index contributed by atoms with van der Waals surface area (Å²) in [5.41, 5.74) is 5.50. The van der Waals surface area contributed by atoms with Crippen molar-refractivity contribution in [2.75, 3.05) is 11.9 Å². The SMILES string of the molecule is CCOC(=O)c1c(-c2ccc(C)c(C)c2)csc1NC(=O)c1sc2ncn(Cc3ccccc3)c(=O)c2c1C. The summed E-state index contributed by atoms with van der Waals surface area (Å²) in [5.74, 6) is -0.899. The van der Waals surface area contributed by atoms with Gasteiger partial charge >= 0.3 is 5.97 Å². The van der Waals surface area contributed by atoms with Gasteiger partial charge in [-0.1, -0.05) is 48.5 Å². The molecule has 198 valence electrons.